The van der Waals surface area contributed by atoms with E-state index in [-0.39, 0.29) is 0 Å². The van der Waals surface area contributed by atoms with Gasteiger partial charge in [0.25, 0.3) is 11.9 Å². The highest BCUT2D eigenvalue weighted by atomic mass is 79.9. The Bertz CT molecular complexity index is 1880. The smallest absolute Gasteiger partial charge is 0.254 e. The van der Waals surface area contributed by atoms with Crippen LogP contribution in [0.2, 0.25) is 0 Å². The number of halogens is 2. The Morgan fingerprint density at radius 3 is 1.60 bits per heavy atom. The largest absolute Gasteiger partial charge is 0.379 e. The maximum atomic E-state index is 5.39. The van der Waals surface area contributed by atoms with Gasteiger partial charge in [-0.05, 0) is 56.1 Å². The summed E-state index contributed by atoms with van der Waals surface area (Å²) < 4.78 is 13.4. The van der Waals surface area contributed by atoms with Crippen LogP contribution in [0.3, 0.4) is 0 Å². The summed E-state index contributed by atoms with van der Waals surface area (Å²) in [5.41, 5.74) is 0. The number of rotatable bonds is 10. The summed E-state index contributed by atoms with van der Waals surface area (Å²) in [6.45, 7) is 5.56. The van der Waals surface area contributed by atoms with Crippen LogP contribution in [0.4, 0.5) is 11.6 Å². The molecule has 1 fully saturated rings. The molecule has 47 heavy (non-hydrogen) atoms. The van der Waals surface area contributed by atoms with Gasteiger partial charge in [-0.1, -0.05) is 5.92 Å². The fourth-order valence-corrected chi connectivity index (χ4v) is 5.44. The van der Waals surface area contributed by atoms with Gasteiger partial charge >= 0.3 is 0 Å². The Morgan fingerprint density at radius 2 is 1.15 bits per heavy atom. The quantitative estimate of drug-likeness (QED) is 0.197. The SMILES string of the molecule is Brc1c(NCCN2CCOCC2)nc(-n2cccn2)nc1-n1cccn1.C#CCNc1nc(-n2cccn2)nc(-n2cccn2)c1Br. The van der Waals surface area contributed by atoms with Crippen LogP contribution in [0.15, 0.2) is 82.8 Å². The van der Waals surface area contributed by atoms with E-state index in [0.717, 1.165) is 43.9 Å². The molecule has 1 aliphatic rings. The topological polar surface area (TPSA) is 159 Å². The fourth-order valence-electron chi connectivity index (χ4n) is 4.44. The summed E-state index contributed by atoms with van der Waals surface area (Å²) in [4.78, 5) is 20.5. The van der Waals surface area contributed by atoms with E-state index in [9.17, 15) is 0 Å². The average molecular weight is 763 g/mol. The van der Waals surface area contributed by atoms with Crippen molar-refractivity contribution in [1.82, 2.24) is 64.0 Å². The molecule has 7 heterocycles. The first kappa shape index (κ1) is 32.0. The molecule has 1 aliphatic heterocycles. The van der Waals surface area contributed by atoms with Gasteiger partial charge in [0.2, 0.25) is 0 Å². The fraction of sp³-hybridized carbons (Fsp3) is 0.241. The van der Waals surface area contributed by atoms with Crippen LogP contribution in [-0.4, -0.2) is 110 Å². The Morgan fingerprint density at radius 1 is 0.681 bits per heavy atom. The predicted octanol–water partition coefficient (Wildman–Crippen LogP) is 3.01. The van der Waals surface area contributed by atoms with E-state index in [1.165, 1.54) is 0 Å². The summed E-state index contributed by atoms with van der Waals surface area (Å²) in [6, 6.07) is 7.31. The molecule has 0 aromatic carbocycles. The normalized spacial score (nSPS) is 13.0. The Kier molecular flexibility index (Phi) is 10.6. The molecular formula is C29H29Br2N15O. The second kappa shape index (κ2) is 15.6. The number of morpholine rings is 1. The van der Waals surface area contributed by atoms with Crippen molar-refractivity contribution in [3.05, 3.63) is 82.8 Å². The molecule has 6 aromatic rings. The first-order valence-corrected chi connectivity index (χ1v) is 16.1. The minimum absolute atomic E-state index is 0.354. The zero-order valence-electron chi connectivity index (χ0n) is 24.9. The van der Waals surface area contributed by atoms with Crippen LogP contribution in [0.5, 0.6) is 0 Å². The maximum Gasteiger partial charge on any atom is 0.254 e. The lowest BCUT2D eigenvalue weighted by Crippen LogP contribution is -2.39. The molecule has 0 unspecified atom stereocenters. The second-order valence-corrected chi connectivity index (χ2v) is 11.3. The summed E-state index contributed by atoms with van der Waals surface area (Å²) in [5, 5.41) is 23.3. The molecule has 0 amide bonds. The van der Waals surface area contributed by atoms with Gasteiger partial charge < -0.3 is 15.4 Å². The zero-order chi connectivity index (χ0) is 32.4. The van der Waals surface area contributed by atoms with Crippen LogP contribution in [0.25, 0.3) is 23.5 Å². The standard InChI is InChI=1S/C16H19BrN8O.C13H10BrN7/c17-13-14(18-5-8-23-9-11-26-12-10-23)21-16(25-7-2-4-20-25)22-15(13)24-6-1-3-19-24;1-2-5-15-11-10(14)12(20-8-3-6-16-20)19-13(18-11)21-9-4-7-17-21/h1-4,6-7H,5,8-12H2,(H,18,21,22);1,3-4,6-9H,5H2,(H,15,18,19). The monoisotopic (exact) mass is 761 g/mol. The van der Waals surface area contributed by atoms with Gasteiger partial charge in [0.1, 0.15) is 20.6 Å². The number of anilines is 2. The molecule has 0 bridgehead atoms. The van der Waals surface area contributed by atoms with Crippen LogP contribution < -0.4 is 10.6 Å². The summed E-state index contributed by atoms with van der Waals surface area (Å²) >= 11 is 7.10. The van der Waals surface area contributed by atoms with Crippen molar-refractivity contribution in [3.63, 3.8) is 0 Å². The number of hydrogen-bond acceptors (Lipinski definition) is 12. The van der Waals surface area contributed by atoms with Crippen molar-refractivity contribution in [1.29, 1.82) is 0 Å². The number of nitrogens with zero attached hydrogens (tertiary/aromatic N) is 13. The van der Waals surface area contributed by atoms with Crippen LogP contribution in [0, 0.1) is 12.3 Å². The molecule has 0 radical (unpaired) electrons. The van der Waals surface area contributed by atoms with Gasteiger partial charge in [-0.15, -0.1) is 6.42 Å². The number of hydrogen-bond donors (Lipinski definition) is 2. The molecule has 240 valence electrons. The Hall–Kier alpha value is -4.96. The molecule has 1 saturated heterocycles. The Labute approximate surface area is 286 Å². The minimum Gasteiger partial charge on any atom is -0.379 e. The van der Waals surface area contributed by atoms with E-state index in [0.29, 0.717) is 46.2 Å². The van der Waals surface area contributed by atoms with E-state index in [4.69, 9.17) is 11.2 Å². The molecule has 16 nitrogen and oxygen atoms in total. The lowest BCUT2D eigenvalue weighted by Gasteiger charge is -2.26. The van der Waals surface area contributed by atoms with Crippen molar-refractivity contribution in [3.8, 4) is 35.9 Å². The summed E-state index contributed by atoms with van der Waals surface area (Å²) in [5.74, 6) is 5.97. The Balaban J connectivity index is 0.000000168. The van der Waals surface area contributed by atoms with Crippen LogP contribution in [0.1, 0.15) is 0 Å². The molecule has 6 aromatic heterocycles. The lowest BCUT2D eigenvalue weighted by atomic mass is 10.4. The van der Waals surface area contributed by atoms with Crippen molar-refractivity contribution < 1.29 is 4.74 Å². The van der Waals surface area contributed by atoms with Crippen LogP contribution in [-0.2, 0) is 4.74 Å². The zero-order valence-corrected chi connectivity index (χ0v) is 28.1. The highest BCUT2D eigenvalue weighted by molar-refractivity contribution is 9.11. The van der Waals surface area contributed by atoms with Gasteiger partial charge in [0, 0.05) is 75.8 Å². The number of aromatic nitrogens is 12. The molecule has 7 rings (SSSR count). The molecule has 0 saturated carbocycles. The average Bonchev–Trinajstić information content (AvgIpc) is 3.94. The molecule has 0 aliphatic carbocycles. The predicted molar refractivity (Wildman–Crippen MR) is 181 cm³/mol. The highest BCUT2D eigenvalue weighted by Gasteiger charge is 2.17. The van der Waals surface area contributed by atoms with Gasteiger partial charge in [-0.3, -0.25) is 4.90 Å². The van der Waals surface area contributed by atoms with Crippen molar-refractivity contribution in [2.45, 2.75) is 0 Å². The van der Waals surface area contributed by atoms with Crippen molar-refractivity contribution in [2.75, 3.05) is 56.6 Å². The van der Waals surface area contributed by atoms with Gasteiger partial charge in [-0.25, -0.2) is 18.7 Å². The molecular weight excluding hydrogens is 734 g/mol. The van der Waals surface area contributed by atoms with E-state index >= 15 is 0 Å². The number of terminal acetylenes is 1. The van der Waals surface area contributed by atoms with E-state index in [1.807, 2.05) is 30.6 Å². The molecule has 18 heteroatoms. The number of nitrogens with one attached hydrogen (secondary N) is 2. The second-order valence-electron chi connectivity index (χ2n) is 9.76. The maximum absolute atomic E-state index is 5.39. The molecule has 0 atom stereocenters. The minimum atomic E-state index is 0.354. The molecule has 2 N–H and O–H groups in total. The van der Waals surface area contributed by atoms with Crippen molar-refractivity contribution in [2.24, 2.45) is 0 Å². The first-order valence-electron chi connectivity index (χ1n) is 14.5. The third-order valence-corrected chi connectivity index (χ3v) is 8.15. The lowest BCUT2D eigenvalue weighted by molar-refractivity contribution is 0.0398. The third kappa shape index (κ3) is 7.89. The van der Waals surface area contributed by atoms with Gasteiger partial charge in [-0.2, -0.15) is 40.3 Å². The van der Waals surface area contributed by atoms with Gasteiger partial charge in [0.05, 0.1) is 19.8 Å². The van der Waals surface area contributed by atoms with Gasteiger partial charge in [0.15, 0.2) is 11.6 Å². The van der Waals surface area contributed by atoms with Crippen molar-refractivity contribution >= 4 is 43.5 Å². The summed E-state index contributed by atoms with van der Waals surface area (Å²) in [6.07, 6.45) is 19.3. The van der Waals surface area contributed by atoms with Crippen LogP contribution >= 0.6 is 31.9 Å². The highest BCUT2D eigenvalue weighted by Crippen LogP contribution is 2.28. The molecule has 0 spiro atoms. The van der Waals surface area contributed by atoms with E-state index < -0.39 is 0 Å². The third-order valence-electron chi connectivity index (χ3n) is 6.69. The first-order chi connectivity index (χ1) is 23.1. The van der Waals surface area contributed by atoms with E-state index in [1.54, 1.807) is 62.0 Å². The summed E-state index contributed by atoms with van der Waals surface area (Å²) in [7, 11) is 0. The number of ether oxygens (including phenoxy) is 1. The van der Waals surface area contributed by atoms with E-state index in [2.05, 4.69) is 93.6 Å².